The molecule has 0 radical (unpaired) electrons. The molecule has 3 aromatic heterocycles. The zero-order valence-corrected chi connectivity index (χ0v) is 34.4. The van der Waals surface area contributed by atoms with Crippen molar-refractivity contribution < 1.29 is 28.7 Å². The fourth-order valence-electron chi connectivity index (χ4n) is 8.20. The molecule has 6 aromatic rings. The van der Waals surface area contributed by atoms with E-state index in [9.17, 15) is 19.2 Å². The summed E-state index contributed by atoms with van der Waals surface area (Å²) in [4.78, 5) is 76.5. The van der Waals surface area contributed by atoms with Crippen LogP contribution in [0.4, 0.5) is 9.59 Å². The van der Waals surface area contributed by atoms with E-state index in [4.69, 9.17) is 24.4 Å². The monoisotopic (exact) mass is 821 g/mol. The number of amides is 4. The topological polar surface area (TPSA) is 188 Å². The van der Waals surface area contributed by atoms with Crippen LogP contribution in [0.1, 0.15) is 86.1 Å². The quantitative estimate of drug-likeness (QED) is 0.115. The summed E-state index contributed by atoms with van der Waals surface area (Å²) in [6.45, 7) is 4.90. The maximum absolute atomic E-state index is 13.9. The Morgan fingerprint density at radius 2 is 1.46 bits per heavy atom. The van der Waals surface area contributed by atoms with Crippen molar-refractivity contribution in [3.63, 3.8) is 0 Å². The summed E-state index contributed by atoms with van der Waals surface area (Å²) < 4.78 is 9.59. The number of carbonyl (C=O) groups excluding carboxylic acids is 4. The van der Waals surface area contributed by atoms with Gasteiger partial charge in [-0.15, -0.1) is 0 Å². The van der Waals surface area contributed by atoms with Gasteiger partial charge in [-0.2, -0.15) is 0 Å². The van der Waals surface area contributed by atoms with Crippen LogP contribution in [0, 0.1) is 17.8 Å². The average Bonchev–Trinajstić information content (AvgIpc) is 4.12. The molecule has 4 amide bonds. The normalized spacial score (nSPS) is 17.2. The zero-order chi connectivity index (χ0) is 42.6. The fourth-order valence-corrected chi connectivity index (χ4v) is 8.20. The van der Waals surface area contributed by atoms with Crippen LogP contribution in [0.2, 0.25) is 0 Å². The lowest BCUT2D eigenvalue weighted by Gasteiger charge is -2.29. The van der Waals surface area contributed by atoms with Gasteiger partial charge >= 0.3 is 12.2 Å². The highest BCUT2D eigenvalue weighted by Crippen LogP contribution is 2.35. The van der Waals surface area contributed by atoms with E-state index in [-0.39, 0.29) is 29.8 Å². The van der Waals surface area contributed by atoms with Gasteiger partial charge in [0.15, 0.2) is 0 Å². The van der Waals surface area contributed by atoms with Crippen molar-refractivity contribution in [1.29, 1.82) is 0 Å². The number of carbonyl (C=O) groups is 4. The molecule has 2 unspecified atom stereocenters. The number of rotatable bonds is 9. The van der Waals surface area contributed by atoms with Crippen LogP contribution in [-0.4, -0.2) is 92.1 Å². The fraction of sp³-hybridized carbons (Fsp3) is 0.326. The third-order valence-corrected chi connectivity index (χ3v) is 11.4. The van der Waals surface area contributed by atoms with Gasteiger partial charge in [0.25, 0.3) is 5.91 Å². The molecule has 0 spiro atoms. The Morgan fingerprint density at radius 1 is 0.754 bits per heavy atom. The van der Waals surface area contributed by atoms with E-state index in [1.807, 2.05) is 92.7 Å². The number of likely N-dealkylation sites (tertiary alicyclic amines) is 2. The predicted octanol–water partition coefficient (Wildman–Crippen LogP) is 6.71. The summed E-state index contributed by atoms with van der Waals surface area (Å²) in [5.74, 6) is 7.31. The Hall–Kier alpha value is -7.21. The molecule has 15 nitrogen and oxygen atoms in total. The molecule has 61 heavy (non-hydrogen) atoms. The van der Waals surface area contributed by atoms with Gasteiger partial charge in [-0.1, -0.05) is 56.2 Å². The number of nitrogens with zero attached hydrogens (tertiary/aromatic N) is 5. The molecule has 0 bridgehead atoms. The Balaban J connectivity index is 0.954. The zero-order valence-electron chi connectivity index (χ0n) is 34.4. The second-order valence-corrected chi connectivity index (χ2v) is 15.6. The van der Waals surface area contributed by atoms with Gasteiger partial charge in [0, 0.05) is 29.6 Å². The summed E-state index contributed by atoms with van der Waals surface area (Å²) in [5.41, 5.74) is 6.19. The van der Waals surface area contributed by atoms with Crippen molar-refractivity contribution in [1.82, 2.24) is 45.4 Å². The number of alkyl carbamates (subject to hydrolysis) is 2. The van der Waals surface area contributed by atoms with Crippen molar-refractivity contribution in [2.24, 2.45) is 5.92 Å². The molecular weight excluding hydrogens is 775 g/mol. The Kier molecular flexibility index (Phi) is 11.7. The van der Waals surface area contributed by atoms with E-state index in [1.54, 1.807) is 16.0 Å². The van der Waals surface area contributed by atoms with E-state index < -0.39 is 24.3 Å². The molecule has 15 heteroatoms. The van der Waals surface area contributed by atoms with Crippen molar-refractivity contribution in [2.75, 3.05) is 27.3 Å². The molecular formula is C46H47N9O6. The first-order chi connectivity index (χ1) is 29.6. The number of methoxy groups -OCH3 is 2. The largest absolute Gasteiger partial charge is 0.453 e. The highest BCUT2D eigenvalue weighted by atomic mass is 16.5. The summed E-state index contributed by atoms with van der Waals surface area (Å²) in [6.07, 6.45) is 3.60. The van der Waals surface area contributed by atoms with Crippen molar-refractivity contribution in [3.05, 3.63) is 114 Å². The van der Waals surface area contributed by atoms with Gasteiger partial charge in [0.05, 0.1) is 54.7 Å². The standard InChI is InChI=1S/C46H47N9O6/c1-27(2)39(52-45(58)60-3)43(56)55-23-9-13-38(55)42-49-34-20-15-28(24-35(34)50-42)14-18-32-19-16-30-25-31(17-21-33(30)48-32)36-26-47-41(51-36)37-12-8-22-54(37)44(57)40(53-46(59)61-4)29-10-6-5-7-11-29/h5-7,10-11,15-17,19-21,24-27,37-40H,8-9,12-13,22-23H2,1-4H3,(H,47,51)(H,49,50)(H,52,58)(H,53,59)/t37?,38?,39-,40+/m0/s1. The van der Waals surface area contributed by atoms with Crippen LogP contribution < -0.4 is 10.6 Å². The third-order valence-electron chi connectivity index (χ3n) is 11.4. The van der Waals surface area contributed by atoms with E-state index in [0.717, 1.165) is 64.4 Å². The first-order valence-electron chi connectivity index (χ1n) is 20.4. The Labute approximate surface area is 352 Å². The lowest BCUT2D eigenvalue weighted by Crippen LogP contribution is -2.51. The van der Waals surface area contributed by atoms with E-state index in [2.05, 4.69) is 32.4 Å². The number of ether oxygens (including phenoxy) is 2. The molecule has 2 saturated heterocycles. The molecule has 0 aliphatic carbocycles. The number of hydrogen-bond acceptors (Lipinski definition) is 9. The molecule has 2 fully saturated rings. The summed E-state index contributed by atoms with van der Waals surface area (Å²) in [7, 11) is 2.56. The third kappa shape index (κ3) is 8.61. The van der Waals surface area contributed by atoms with Crippen LogP contribution in [-0.2, 0) is 19.1 Å². The molecule has 312 valence electrons. The highest BCUT2D eigenvalue weighted by Gasteiger charge is 2.39. The van der Waals surface area contributed by atoms with E-state index in [1.165, 1.54) is 14.2 Å². The predicted molar refractivity (Wildman–Crippen MR) is 228 cm³/mol. The van der Waals surface area contributed by atoms with Gasteiger partial charge in [0.2, 0.25) is 5.91 Å². The minimum absolute atomic E-state index is 0.120. The van der Waals surface area contributed by atoms with E-state index >= 15 is 0 Å². The number of imidazole rings is 2. The van der Waals surface area contributed by atoms with Crippen LogP contribution >= 0.6 is 0 Å². The number of pyridine rings is 1. The van der Waals surface area contributed by atoms with Gasteiger partial charge in [-0.25, -0.2) is 24.5 Å². The molecule has 0 saturated carbocycles. The van der Waals surface area contributed by atoms with Crippen LogP contribution in [0.5, 0.6) is 0 Å². The maximum Gasteiger partial charge on any atom is 0.407 e. The van der Waals surface area contributed by atoms with Gasteiger partial charge in [0.1, 0.15) is 29.4 Å². The summed E-state index contributed by atoms with van der Waals surface area (Å²) >= 11 is 0. The summed E-state index contributed by atoms with van der Waals surface area (Å²) in [5, 5.41) is 6.33. The molecule has 5 heterocycles. The van der Waals surface area contributed by atoms with Crippen LogP contribution in [0.15, 0.2) is 85.1 Å². The second kappa shape index (κ2) is 17.6. The van der Waals surface area contributed by atoms with Gasteiger partial charge in [-0.05, 0) is 85.5 Å². The number of nitrogens with one attached hydrogen (secondary N) is 4. The van der Waals surface area contributed by atoms with Crippen molar-refractivity contribution in [2.45, 2.75) is 63.7 Å². The second-order valence-electron chi connectivity index (χ2n) is 15.6. The Bertz CT molecular complexity index is 2660. The van der Waals surface area contributed by atoms with Gasteiger partial charge < -0.3 is 39.9 Å². The minimum atomic E-state index is -0.892. The van der Waals surface area contributed by atoms with Gasteiger partial charge in [-0.3, -0.25) is 9.59 Å². The Morgan fingerprint density at radius 3 is 2.20 bits per heavy atom. The average molecular weight is 822 g/mol. The maximum atomic E-state index is 13.9. The number of fused-ring (bicyclic) bond motifs is 2. The summed E-state index contributed by atoms with van der Waals surface area (Å²) in [6, 6.07) is 22.7. The molecule has 3 aromatic carbocycles. The highest BCUT2D eigenvalue weighted by molar-refractivity contribution is 5.88. The first-order valence-corrected chi connectivity index (χ1v) is 20.4. The number of aromatic amines is 2. The number of hydrogen-bond donors (Lipinski definition) is 4. The molecule has 4 atom stereocenters. The van der Waals surface area contributed by atoms with Crippen LogP contribution in [0.25, 0.3) is 33.2 Å². The molecule has 2 aliphatic heterocycles. The minimum Gasteiger partial charge on any atom is -0.453 e. The first kappa shape index (κ1) is 40.6. The molecule has 2 aliphatic rings. The molecule has 4 N–H and O–H groups in total. The lowest BCUT2D eigenvalue weighted by atomic mass is 10.0. The lowest BCUT2D eigenvalue weighted by molar-refractivity contribution is -0.135. The number of aromatic nitrogens is 5. The SMILES string of the molecule is COC(=O)N[C@H](C(=O)N1CCCC1c1nc2ccc(C#Cc3ccc4cc(-c5cnc(C6CCCN6C(=O)[C@H](NC(=O)OC)c6ccccc6)[nH]5)ccc4n3)cc2[nH]1)C(C)C. The smallest absolute Gasteiger partial charge is 0.407 e. The van der Waals surface area contributed by atoms with Crippen molar-refractivity contribution in [3.8, 4) is 23.1 Å². The molecule has 8 rings (SSSR count). The number of H-pyrrole nitrogens is 2. The van der Waals surface area contributed by atoms with Crippen LogP contribution in [0.3, 0.4) is 0 Å². The number of benzene rings is 3. The van der Waals surface area contributed by atoms with Crippen molar-refractivity contribution >= 4 is 45.9 Å². The van der Waals surface area contributed by atoms with E-state index in [0.29, 0.717) is 36.0 Å².